The summed E-state index contributed by atoms with van der Waals surface area (Å²) < 4.78 is 19.3. The third kappa shape index (κ3) is 4.70. The zero-order valence-corrected chi connectivity index (χ0v) is 18.5. The first-order valence-electron chi connectivity index (χ1n) is 10.4. The second kappa shape index (κ2) is 9.57. The van der Waals surface area contributed by atoms with E-state index in [0.29, 0.717) is 42.8 Å². The summed E-state index contributed by atoms with van der Waals surface area (Å²) in [7, 11) is 0. The molecular formula is C23H23FN4O3S. The molecule has 2 aliphatic rings. The van der Waals surface area contributed by atoms with Gasteiger partial charge in [0.1, 0.15) is 16.9 Å². The number of hydrogen-bond donors (Lipinski definition) is 0. The van der Waals surface area contributed by atoms with E-state index in [1.165, 1.54) is 17.8 Å². The standard InChI is InChI=1S/C23H23FN4O3S/c1-32-22-17(13-25)16(12-19(26-22)15-6-7-15)23(30)31-14-21(29)28-10-8-27(9-11-28)20-5-3-2-4-18(20)24/h2-5,12,15H,6-11,14H2,1H3. The maximum absolute atomic E-state index is 14.0. The normalized spacial score (nSPS) is 15.9. The van der Waals surface area contributed by atoms with Crippen LogP contribution in [-0.4, -0.2) is 60.8 Å². The van der Waals surface area contributed by atoms with Gasteiger partial charge in [-0.2, -0.15) is 5.26 Å². The summed E-state index contributed by atoms with van der Waals surface area (Å²) in [6, 6.07) is 10.2. The molecule has 1 saturated heterocycles. The molecule has 0 unspecified atom stereocenters. The Bertz CT molecular complexity index is 1080. The van der Waals surface area contributed by atoms with E-state index in [1.807, 2.05) is 11.0 Å². The van der Waals surface area contributed by atoms with Crippen LogP contribution in [0.1, 0.15) is 40.4 Å². The largest absolute Gasteiger partial charge is 0.452 e. The van der Waals surface area contributed by atoms with Crippen LogP contribution in [0.2, 0.25) is 0 Å². The molecule has 0 radical (unpaired) electrons. The van der Waals surface area contributed by atoms with Crippen LogP contribution in [0.3, 0.4) is 0 Å². The zero-order valence-electron chi connectivity index (χ0n) is 17.7. The van der Waals surface area contributed by atoms with Crippen molar-refractivity contribution in [2.75, 3.05) is 43.9 Å². The van der Waals surface area contributed by atoms with Crippen LogP contribution >= 0.6 is 11.8 Å². The fourth-order valence-electron chi connectivity index (χ4n) is 3.75. The van der Waals surface area contributed by atoms with Gasteiger partial charge in [0.25, 0.3) is 5.91 Å². The van der Waals surface area contributed by atoms with E-state index in [0.717, 1.165) is 18.5 Å². The Morgan fingerprint density at radius 3 is 2.59 bits per heavy atom. The SMILES string of the molecule is CSc1nc(C2CC2)cc(C(=O)OCC(=O)N2CCN(c3ccccc3F)CC2)c1C#N. The van der Waals surface area contributed by atoms with E-state index in [1.54, 1.807) is 35.4 Å². The van der Waals surface area contributed by atoms with Crippen LogP contribution in [0.5, 0.6) is 0 Å². The van der Waals surface area contributed by atoms with E-state index in [2.05, 4.69) is 4.98 Å². The number of ether oxygens (including phenoxy) is 1. The van der Waals surface area contributed by atoms with Gasteiger partial charge in [0.05, 0.1) is 16.8 Å². The summed E-state index contributed by atoms with van der Waals surface area (Å²) >= 11 is 1.31. The van der Waals surface area contributed by atoms with E-state index < -0.39 is 12.6 Å². The van der Waals surface area contributed by atoms with E-state index in [4.69, 9.17) is 4.74 Å². The van der Waals surface area contributed by atoms with Gasteiger partial charge in [-0.15, -0.1) is 11.8 Å². The number of benzene rings is 1. The fraction of sp³-hybridized carbons (Fsp3) is 0.391. The van der Waals surface area contributed by atoms with Gasteiger partial charge in [-0.1, -0.05) is 12.1 Å². The highest BCUT2D eigenvalue weighted by atomic mass is 32.2. The first-order valence-corrected chi connectivity index (χ1v) is 11.7. The Balaban J connectivity index is 1.37. The molecule has 2 fully saturated rings. The second-order valence-corrected chi connectivity index (χ2v) is 8.56. The number of carbonyl (C=O) groups is 2. The van der Waals surface area contributed by atoms with Crippen LogP contribution in [0, 0.1) is 17.1 Å². The van der Waals surface area contributed by atoms with Gasteiger partial charge in [0, 0.05) is 37.8 Å². The average molecular weight is 455 g/mol. The monoisotopic (exact) mass is 454 g/mol. The van der Waals surface area contributed by atoms with E-state index in [9.17, 15) is 19.2 Å². The van der Waals surface area contributed by atoms with Crippen LogP contribution in [0.4, 0.5) is 10.1 Å². The highest BCUT2D eigenvalue weighted by Gasteiger charge is 2.29. The number of nitrogens with zero attached hydrogens (tertiary/aromatic N) is 4. The maximum atomic E-state index is 14.0. The number of para-hydroxylation sites is 1. The lowest BCUT2D eigenvalue weighted by molar-refractivity contribution is -0.134. The molecule has 1 saturated carbocycles. The molecule has 2 aromatic rings. The molecule has 7 nitrogen and oxygen atoms in total. The van der Waals surface area contributed by atoms with Crippen molar-refractivity contribution in [2.45, 2.75) is 23.8 Å². The van der Waals surface area contributed by atoms with Gasteiger partial charge < -0.3 is 14.5 Å². The number of thioether (sulfide) groups is 1. The topological polar surface area (TPSA) is 86.5 Å². The summed E-state index contributed by atoms with van der Waals surface area (Å²) in [6.45, 7) is 1.40. The highest BCUT2D eigenvalue weighted by Crippen LogP contribution is 2.40. The van der Waals surface area contributed by atoms with Gasteiger partial charge in [0.15, 0.2) is 6.61 Å². The van der Waals surface area contributed by atoms with Crippen molar-refractivity contribution in [3.63, 3.8) is 0 Å². The molecular weight excluding hydrogens is 431 g/mol. The van der Waals surface area contributed by atoms with Crippen molar-refractivity contribution in [1.82, 2.24) is 9.88 Å². The lowest BCUT2D eigenvalue weighted by Crippen LogP contribution is -2.50. The molecule has 2 heterocycles. The zero-order chi connectivity index (χ0) is 22.7. The average Bonchev–Trinajstić information content (AvgIpc) is 3.67. The molecule has 0 bridgehead atoms. The molecule has 1 amide bonds. The van der Waals surface area contributed by atoms with Crippen LogP contribution in [0.15, 0.2) is 35.4 Å². The van der Waals surface area contributed by atoms with Gasteiger partial charge in [-0.05, 0) is 37.3 Å². The molecule has 9 heteroatoms. The minimum Gasteiger partial charge on any atom is -0.452 e. The van der Waals surface area contributed by atoms with Gasteiger partial charge in [-0.25, -0.2) is 14.2 Å². The summed E-state index contributed by atoms with van der Waals surface area (Å²) in [5.74, 6) is -0.985. The number of halogens is 1. The Labute approximate surface area is 190 Å². The number of hydrogen-bond acceptors (Lipinski definition) is 7. The first kappa shape index (κ1) is 22.1. The Kier molecular flexibility index (Phi) is 6.61. The number of aromatic nitrogens is 1. The molecule has 4 rings (SSSR count). The van der Waals surface area contributed by atoms with Crippen LogP contribution in [0.25, 0.3) is 0 Å². The van der Waals surface area contributed by atoms with Crippen molar-refractivity contribution >= 4 is 29.3 Å². The smallest absolute Gasteiger partial charge is 0.340 e. The lowest BCUT2D eigenvalue weighted by atomic mass is 10.1. The fourth-order valence-corrected chi connectivity index (χ4v) is 4.30. The molecule has 1 aromatic heterocycles. The molecule has 32 heavy (non-hydrogen) atoms. The molecule has 0 atom stereocenters. The number of carbonyl (C=O) groups excluding carboxylic acids is 2. The molecule has 1 aliphatic carbocycles. The minimum absolute atomic E-state index is 0.158. The minimum atomic E-state index is -0.695. The van der Waals surface area contributed by atoms with E-state index >= 15 is 0 Å². The summed E-state index contributed by atoms with van der Waals surface area (Å²) in [6.07, 6.45) is 3.83. The summed E-state index contributed by atoms with van der Waals surface area (Å²) in [5, 5.41) is 10.0. The summed E-state index contributed by atoms with van der Waals surface area (Å²) in [5.41, 5.74) is 1.64. The molecule has 0 spiro atoms. The van der Waals surface area contributed by atoms with Crippen molar-refractivity contribution in [1.29, 1.82) is 5.26 Å². The predicted octanol–water partition coefficient (Wildman–Crippen LogP) is 3.20. The highest BCUT2D eigenvalue weighted by molar-refractivity contribution is 7.98. The third-order valence-corrected chi connectivity index (χ3v) is 6.36. The lowest BCUT2D eigenvalue weighted by Gasteiger charge is -2.36. The number of pyridine rings is 1. The first-order chi connectivity index (χ1) is 15.5. The van der Waals surface area contributed by atoms with Crippen molar-refractivity contribution < 1.29 is 18.7 Å². The van der Waals surface area contributed by atoms with Crippen molar-refractivity contribution in [3.05, 3.63) is 53.0 Å². The van der Waals surface area contributed by atoms with Crippen molar-refractivity contribution in [3.8, 4) is 6.07 Å². The number of rotatable bonds is 6. The number of piperazine rings is 1. The Morgan fingerprint density at radius 1 is 1.25 bits per heavy atom. The van der Waals surface area contributed by atoms with Crippen LogP contribution < -0.4 is 4.90 Å². The van der Waals surface area contributed by atoms with Crippen LogP contribution in [-0.2, 0) is 9.53 Å². The van der Waals surface area contributed by atoms with Gasteiger partial charge in [-0.3, -0.25) is 4.79 Å². The molecule has 1 aliphatic heterocycles. The van der Waals surface area contributed by atoms with Crippen molar-refractivity contribution in [2.24, 2.45) is 0 Å². The number of nitriles is 1. The Morgan fingerprint density at radius 2 is 1.97 bits per heavy atom. The number of esters is 1. The van der Waals surface area contributed by atoms with Gasteiger partial charge in [0.2, 0.25) is 0 Å². The molecule has 166 valence electrons. The second-order valence-electron chi connectivity index (χ2n) is 7.76. The predicted molar refractivity (Wildman–Crippen MR) is 118 cm³/mol. The van der Waals surface area contributed by atoms with Gasteiger partial charge >= 0.3 is 5.97 Å². The van der Waals surface area contributed by atoms with E-state index in [-0.39, 0.29) is 22.9 Å². The number of anilines is 1. The maximum Gasteiger partial charge on any atom is 0.340 e. The Hall–Kier alpha value is -3.12. The number of amides is 1. The third-order valence-electron chi connectivity index (χ3n) is 5.68. The summed E-state index contributed by atoms with van der Waals surface area (Å²) in [4.78, 5) is 33.3. The molecule has 0 N–H and O–H groups in total. The quantitative estimate of drug-likeness (QED) is 0.489. The molecule has 1 aromatic carbocycles.